The topological polar surface area (TPSA) is 43.9 Å². The molecule has 0 saturated carbocycles. The van der Waals surface area contributed by atoms with Gasteiger partial charge in [0, 0.05) is 13.1 Å². The van der Waals surface area contributed by atoms with Gasteiger partial charge in [0.1, 0.15) is 0 Å². The van der Waals surface area contributed by atoms with E-state index in [4.69, 9.17) is 0 Å². The van der Waals surface area contributed by atoms with E-state index in [0.29, 0.717) is 12.5 Å². The van der Waals surface area contributed by atoms with Gasteiger partial charge in [-0.15, -0.1) is 0 Å². The van der Waals surface area contributed by atoms with E-state index in [0.717, 1.165) is 26.1 Å². The van der Waals surface area contributed by atoms with E-state index in [1.165, 1.54) is 12.8 Å². The number of amides is 2. The lowest BCUT2D eigenvalue weighted by Gasteiger charge is -2.35. The van der Waals surface area contributed by atoms with E-state index in [9.17, 15) is 9.59 Å². The van der Waals surface area contributed by atoms with Crippen molar-refractivity contribution in [2.45, 2.75) is 26.2 Å². The summed E-state index contributed by atoms with van der Waals surface area (Å²) in [4.78, 5) is 29.5. The third-order valence-electron chi connectivity index (χ3n) is 4.38. The van der Waals surface area contributed by atoms with Gasteiger partial charge in [-0.05, 0) is 52.2 Å². The summed E-state index contributed by atoms with van der Waals surface area (Å²) >= 11 is 0. The molecule has 2 saturated heterocycles. The highest BCUT2D eigenvalue weighted by molar-refractivity contribution is 5.92. The van der Waals surface area contributed by atoms with Gasteiger partial charge < -0.3 is 14.7 Å². The molecule has 0 bridgehead atoms. The molecular weight excluding hydrogens is 242 g/mol. The Labute approximate surface area is 115 Å². The SMILES string of the molecule is CCN1CC(=O)N(CCC2CCN(C)CC2)CC1=O. The lowest BCUT2D eigenvalue weighted by atomic mass is 9.93. The van der Waals surface area contributed by atoms with E-state index < -0.39 is 0 Å². The zero-order valence-electron chi connectivity index (χ0n) is 12.1. The molecule has 2 aliphatic rings. The standard InChI is InChI=1S/C14H25N3O2/c1-3-16-10-14(19)17(11-13(16)18)9-6-12-4-7-15(2)8-5-12/h12H,3-11H2,1-2H3. The normalized spacial score (nSPS) is 23.3. The molecule has 2 fully saturated rings. The van der Waals surface area contributed by atoms with Gasteiger partial charge >= 0.3 is 0 Å². The largest absolute Gasteiger partial charge is 0.332 e. The second-order valence-corrected chi connectivity index (χ2v) is 5.76. The van der Waals surface area contributed by atoms with Crippen molar-refractivity contribution in [2.24, 2.45) is 5.92 Å². The van der Waals surface area contributed by atoms with Crippen molar-refractivity contribution in [3.63, 3.8) is 0 Å². The van der Waals surface area contributed by atoms with Crippen LogP contribution in [0.2, 0.25) is 0 Å². The van der Waals surface area contributed by atoms with Crippen LogP contribution >= 0.6 is 0 Å². The molecule has 5 heteroatoms. The summed E-state index contributed by atoms with van der Waals surface area (Å²) in [5.41, 5.74) is 0. The molecule has 0 aliphatic carbocycles. The summed E-state index contributed by atoms with van der Waals surface area (Å²) in [6.45, 7) is 6.15. The molecule has 0 spiro atoms. The minimum atomic E-state index is 0.0884. The van der Waals surface area contributed by atoms with Crippen molar-refractivity contribution in [1.82, 2.24) is 14.7 Å². The summed E-state index contributed by atoms with van der Waals surface area (Å²) in [5, 5.41) is 0. The van der Waals surface area contributed by atoms with Crippen molar-refractivity contribution in [1.29, 1.82) is 0 Å². The average Bonchev–Trinajstić information content (AvgIpc) is 2.41. The van der Waals surface area contributed by atoms with Crippen LogP contribution in [0.15, 0.2) is 0 Å². The predicted molar refractivity (Wildman–Crippen MR) is 73.7 cm³/mol. The number of likely N-dealkylation sites (N-methyl/N-ethyl adjacent to an activating group) is 1. The zero-order chi connectivity index (χ0) is 13.8. The van der Waals surface area contributed by atoms with Crippen LogP contribution in [0.3, 0.4) is 0 Å². The molecule has 0 N–H and O–H groups in total. The van der Waals surface area contributed by atoms with Gasteiger partial charge in [0.05, 0.1) is 13.1 Å². The van der Waals surface area contributed by atoms with Crippen LogP contribution < -0.4 is 0 Å². The van der Waals surface area contributed by atoms with Crippen LogP contribution in [0, 0.1) is 5.92 Å². The second-order valence-electron chi connectivity index (χ2n) is 5.76. The molecule has 5 nitrogen and oxygen atoms in total. The Morgan fingerprint density at radius 2 is 1.63 bits per heavy atom. The molecule has 0 radical (unpaired) electrons. The first kappa shape index (κ1) is 14.3. The fourth-order valence-corrected chi connectivity index (χ4v) is 2.88. The first-order chi connectivity index (χ1) is 9.10. The Kier molecular flexibility index (Phi) is 4.80. The highest BCUT2D eigenvalue weighted by Gasteiger charge is 2.29. The minimum absolute atomic E-state index is 0.0884. The number of likely N-dealkylation sites (tertiary alicyclic amines) is 1. The first-order valence-electron chi connectivity index (χ1n) is 7.34. The van der Waals surface area contributed by atoms with Crippen LogP contribution in [0.1, 0.15) is 26.2 Å². The number of carbonyl (C=O) groups excluding carboxylic acids is 2. The lowest BCUT2D eigenvalue weighted by Crippen LogP contribution is -2.53. The Balaban J connectivity index is 1.77. The van der Waals surface area contributed by atoms with Crippen LogP contribution in [0.4, 0.5) is 0 Å². The Morgan fingerprint density at radius 3 is 2.26 bits per heavy atom. The maximum Gasteiger partial charge on any atom is 0.242 e. The van der Waals surface area contributed by atoms with Gasteiger partial charge in [-0.1, -0.05) is 0 Å². The molecule has 0 aromatic carbocycles. The average molecular weight is 267 g/mol. The van der Waals surface area contributed by atoms with Gasteiger partial charge in [-0.3, -0.25) is 9.59 Å². The summed E-state index contributed by atoms with van der Waals surface area (Å²) < 4.78 is 0. The van der Waals surface area contributed by atoms with Crippen molar-refractivity contribution < 1.29 is 9.59 Å². The first-order valence-corrected chi connectivity index (χ1v) is 7.34. The second kappa shape index (κ2) is 6.37. The van der Waals surface area contributed by atoms with Crippen LogP contribution in [-0.4, -0.2) is 72.8 Å². The van der Waals surface area contributed by atoms with Crippen molar-refractivity contribution in [3.05, 3.63) is 0 Å². The summed E-state index contributed by atoms with van der Waals surface area (Å²) in [5.74, 6) is 0.906. The van der Waals surface area contributed by atoms with Crippen molar-refractivity contribution >= 4 is 11.8 Å². The number of hydrogen-bond donors (Lipinski definition) is 0. The van der Waals surface area contributed by atoms with Gasteiger partial charge in [-0.2, -0.15) is 0 Å². The molecule has 108 valence electrons. The summed E-state index contributed by atoms with van der Waals surface area (Å²) in [7, 11) is 2.16. The van der Waals surface area contributed by atoms with Gasteiger partial charge in [0.25, 0.3) is 0 Å². The van der Waals surface area contributed by atoms with E-state index >= 15 is 0 Å². The van der Waals surface area contributed by atoms with Crippen LogP contribution in [0.25, 0.3) is 0 Å². The number of piperidine rings is 1. The van der Waals surface area contributed by atoms with Gasteiger partial charge in [0.15, 0.2) is 0 Å². The number of rotatable bonds is 4. The van der Waals surface area contributed by atoms with Gasteiger partial charge in [-0.25, -0.2) is 0 Å². The number of hydrogen-bond acceptors (Lipinski definition) is 3. The van der Waals surface area contributed by atoms with Crippen LogP contribution in [0.5, 0.6) is 0 Å². The molecule has 2 heterocycles. The fraction of sp³-hybridized carbons (Fsp3) is 0.857. The summed E-state index contributed by atoms with van der Waals surface area (Å²) in [6.07, 6.45) is 3.47. The maximum absolute atomic E-state index is 12.0. The van der Waals surface area contributed by atoms with E-state index in [-0.39, 0.29) is 24.9 Å². The Morgan fingerprint density at radius 1 is 1.05 bits per heavy atom. The molecule has 2 aliphatic heterocycles. The molecular formula is C14H25N3O2. The Hall–Kier alpha value is -1.10. The number of carbonyl (C=O) groups is 2. The molecule has 0 aromatic rings. The third-order valence-corrected chi connectivity index (χ3v) is 4.38. The summed E-state index contributed by atoms with van der Waals surface area (Å²) in [6, 6.07) is 0. The lowest BCUT2D eigenvalue weighted by molar-refractivity contribution is -0.150. The molecule has 2 rings (SSSR count). The molecule has 19 heavy (non-hydrogen) atoms. The molecule has 0 atom stereocenters. The molecule has 0 unspecified atom stereocenters. The zero-order valence-corrected chi connectivity index (χ0v) is 12.1. The van der Waals surface area contributed by atoms with Gasteiger partial charge in [0.2, 0.25) is 11.8 Å². The molecule has 0 aromatic heterocycles. The monoisotopic (exact) mass is 267 g/mol. The van der Waals surface area contributed by atoms with Crippen molar-refractivity contribution in [2.75, 3.05) is 46.3 Å². The van der Waals surface area contributed by atoms with Crippen LogP contribution in [-0.2, 0) is 9.59 Å². The third kappa shape index (κ3) is 3.69. The number of piperazine rings is 1. The molecule has 2 amide bonds. The minimum Gasteiger partial charge on any atom is -0.332 e. The van der Waals surface area contributed by atoms with E-state index in [2.05, 4.69) is 11.9 Å². The van der Waals surface area contributed by atoms with Crippen molar-refractivity contribution in [3.8, 4) is 0 Å². The maximum atomic E-state index is 12.0. The van der Waals surface area contributed by atoms with E-state index in [1.54, 1.807) is 9.80 Å². The Bertz CT molecular complexity index is 338. The quantitative estimate of drug-likeness (QED) is 0.741. The predicted octanol–water partition coefficient (Wildman–Crippen LogP) is 0.409. The number of nitrogens with zero attached hydrogens (tertiary/aromatic N) is 3. The smallest absolute Gasteiger partial charge is 0.242 e. The highest BCUT2D eigenvalue weighted by atomic mass is 16.2. The van der Waals surface area contributed by atoms with E-state index in [1.807, 2.05) is 6.92 Å². The fourth-order valence-electron chi connectivity index (χ4n) is 2.88. The highest BCUT2D eigenvalue weighted by Crippen LogP contribution is 2.20.